The van der Waals surface area contributed by atoms with E-state index in [1.807, 2.05) is 0 Å². The summed E-state index contributed by atoms with van der Waals surface area (Å²) in [6, 6.07) is 0. The first-order valence-corrected chi connectivity index (χ1v) is 18.0. The molecule has 0 bridgehead atoms. The van der Waals surface area contributed by atoms with E-state index in [4.69, 9.17) is 4.74 Å². The molecule has 0 saturated heterocycles. The quantitative estimate of drug-likeness (QED) is 0.0763. The maximum atomic E-state index is 5.79. The van der Waals surface area contributed by atoms with Crippen molar-refractivity contribution in [2.75, 3.05) is 13.2 Å². The van der Waals surface area contributed by atoms with E-state index in [0.717, 1.165) is 13.2 Å². The molecule has 1 heteroatoms. The second-order valence-corrected chi connectivity index (χ2v) is 12.2. The molecule has 0 fully saturated rings. The molecule has 1 nitrogen and oxygen atoms in total. The third-order valence-electron chi connectivity index (χ3n) is 8.28. The van der Waals surface area contributed by atoms with E-state index in [0.29, 0.717) is 0 Å². The van der Waals surface area contributed by atoms with Gasteiger partial charge in [0.2, 0.25) is 0 Å². The van der Waals surface area contributed by atoms with Gasteiger partial charge in [0.05, 0.1) is 0 Å². The van der Waals surface area contributed by atoms with Crippen LogP contribution >= 0.6 is 0 Å². The highest BCUT2D eigenvalue weighted by molar-refractivity contribution is 4.52. The van der Waals surface area contributed by atoms with Crippen molar-refractivity contribution in [2.24, 2.45) is 0 Å². The van der Waals surface area contributed by atoms with Gasteiger partial charge in [-0.15, -0.1) is 0 Å². The molecule has 0 aromatic carbocycles. The predicted molar refractivity (Wildman–Crippen MR) is 170 cm³/mol. The summed E-state index contributed by atoms with van der Waals surface area (Å²) in [5.41, 5.74) is 0. The average Bonchev–Trinajstić information content (AvgIpc) is 2.91. The van der Waals surface area contributed by atoms with Crippen molar-refractivity contribution in [3.8, 4) is 0 Å². The molecule has 224 valence electrons. The molecule has 0 saturated carbocycles. The molecule has 0 aliphatic rings. The minimum atomic E-state index is 0.992. The summed E-state index contributed by atoms with van der Waals surface area (Å²) in [6.45, 7) is 6.58. The first-order chi connectivity index (χ1) is 18.4. The van der Waals surface area contributed by atoms with Gasteiger partial charge in [-0.2, -0.15) is 0 Å². The summed E-state index contributed by atoms with van der Waals surface area (Å²) in [5, 5.41) is 0. The number of ether oxygens (including phenoxy) is 1. The Morgan fingerprint density at radius 2 is 0.378 bits per heavy atom. The van der Waals surface area contributed by atoms with Gasteiger partial charge in [-0.05, 0) is 12.8 Å². The lowest BCUT2D eigenvalue weighted by molar-refractivity contribution is 0.125. The van der Waals surface area contributed by atoms with Crippen molar-refractivity contribution < 1.29 is 4.74 Å². The molecule has 0 aliphatic heterocycles. The van der Waals surface area contributed by atoms with E-state index in [1.54, 1.807) is 0 Å². The van der Waals surface area contributed by atoms with E-state index in [-0.39, 0.29) is 0 Å². The van der Waals surface area contributed by atoms with Gasteiger partial charge in [0.25, 0.3) is 0 Å². The largest absolute Gasteiger partial charge is 0.381 e. The Hall–Kier alpha value is -0.0400. The third kappa shape index (κ3) is 36.0. The lowest BCUT2D eigenvalue weighted by atomic mass is 10.0. The maximum Gasteiger partial charge on any atom is 0.0466 e. The molecule has 0 amide bonds. The van der Waals surface area contributed by atoms with Crippen LogP contribution in [0.25, 0.3) is 0 Å². The summed E-state index contributed by atoms with van der Waals surface area (Å²) in [7, 11) is 0. The summed E-state index contributed by atoms with van der Waals surface area (Å²) in [6.07, 6.45) is 46.1. The van der Waals surface area contributed by atoms with Crippen LogP contribution in [0.2, 0.25) is 0 Å². The van der Waals surface area contributed by atoms with Crippen molar-refractivity contribution in [3.63, 3.8) is 0 Å². The van der Waals surface area contributed by atoms with Gasteiger partial charge >= 0.3 is 0 Å². The molecule has 0 aromatic heterocycles. The van der Waals surface area contributed by atoms with Crippen LogP contribution in [0.5, 0.6) is 0 Å². The average molecular weight is 523 g/mol. The summed E-state index contributed by atoms with van der Waals surface area (Å²) in [4.78, 5) is 0. The molecular formula is C36H74O. The Labute approximate surface area is 237 Å². The zero-order chi connectivity index (χ0) is 26.7. The molecule has 0 aromatic rings. The zero-order valence-electron chi connectivity index (χ0n) is 26.4. The Balaban J connectivity index is 3.00. The van der Waals surface area contributed by atoms with E-state index in [2.05, 4.69) is 13.8 Å². The van der Waals surface area contributed by atoms with E-state index < -0.39 is 0 Å². The topological polar surface area (TPSA) is 9.23 Å². The van der Waals surface area contributed by atoms with Crippen molar-refractivity contribution >= 4 is 0 Å². The maximum absolute atomic E-state index is 5.79. The summed E-state index contributed by atoms with van der Waals surface area (Å²) in [5.74, 6) is 0. The first-order valence-electron chi connectivity index (χ1n) is 18.0. The van der Waals surface area contributed by atoms with Gasteiger partial charge < -0.3 is 4.74 Å². The van der Waals surface area contributed by atoms with Crippen LogP contribution in [0, 0.1) is 0 Å². The molecule has 0 unspecified atom stereocenters. The van der Waals surface area contributed by atoms with E-state index in [9.17, 15) is 0 Å². The highest BCUT2D eigenvalue weighted by Crippen LogP contribution is 2.16. The highest BCUT2D eigenvalue weighted by Gasteiger charge is 1.97. The van der Waals surface area contributed by atoms with Gasteiger partial charge in [0.15, 0.2) is 0 Å². The van der Waals surface area contributed by atoms with E-state index in [1.165, 1.54) is 205 Å². The summed E-state index contributed by atoms with van der Waals surface area (Å²) < 4.78 is 5.79. The molecule has 0 radical (unpaired) electrons. The van der Waals surface area contributed by atoms with E-state index >= 15 is 0 Å². The fourth-order valence-electron chi connectivity index (χ4n) is 5.61. The Bertz CT molecular complexity index is 332. The van der Waals surface area contributed by atoms with Gasteiger partial charge in [-0.3, -0.25) is 0 Å². The minimum Gasteiger partial charge on any atom is -0.381 e. The highest BCUT2D eigenvalue weighted by atomic mass is 16.5. The first kappa shape index (κ1) is 37.0. The minimum absolute atomic E-state index is 0.992. The fourth-order valence-corrected chi connectivity index (χ4v) is 5.61. The number of hydrogen-bond acceptors (Lipinski definition) is 1. The SMILES string of the molecule is CCCCCCCCCCCCCCCCCCCCCCCCCCCCOCCCCCCCC. The lowest BCUT2D eigenvalue weighted by Gasteiger charge is -2.05. The van der Waals surface area contributed by atoms with Crippen molar-refractivity contribution in [1.29, 1.82) is 0 Å². The number of rotatable bonds is 34. The van der Waals surface area contributed by atoms with Gasteiger partial charge in [0, 0.05) is 13.2 Å². The molecule has 0 N–H and O–H groups in total. The van der Waals surface area contributed by atoms with Crippen molar-refractivity contribution in [1.82, 2.24) is 0 Å². The van der Waals surface area contributed by atoms with Crippen LogP contribution in [0.15, 0.2) is 0 Å². The second kappa shape index (κ2) is 36.0. The molecular weight excluding hydrogens is 448 g/mol. The summed E-state index contributed by atoms with van der Waals surface area (Å²) >= 11 is 0. The molecule has 0 heterocycles. The van der Waals surface area contributed by atoms with Gasteiger partial charge in [-0.25, -0.2) is 0 Å². The number of hydrogen-bond donors (Lipinski definition) is 0. The molecule has 0 spiro atoms. The Morgan fingerprint density at radius 1 is 0.216 bits per heavy atom. The van der Waals surface area contributed by atoms with Crippen LogP contribution in [-0.4, -0.2) is 13.2 Å². The van der Waals surface area contributed by atoms with Crippen LogP contribution in [0.3, 0.4) is 0 Å². The van der Waals surface area contributed by atoms with Crippen LogP contribution < -0.4 is 0 Å². The Morgan fingerprint density at radius 3 is 0.568 bits per heavy atom. The fraction of sp³-hybridized carbons (Fsp3) is 1.00. The smallest absolute Gasteiger partial charge is 0.0466 e. The standard InChI is InChI=1S/C36H74O/c1-3-5-7-9-11-12-13-14-15-16-17-18-19-20-21-22-23-24-25-26-27-28-29-30-32-34-36-37-35-33-31-10-8-6-4-2/h3-36H2,1-2H3. The van der Waals surface area contributed by atoms with Crippen molar-refractivity contribution in [3.05, 3.63) is 0 Å². The molecule has 0 atom stereocenters. The van der Waals surface area contributed by atoms with Gasteiger partial charge in [-0.1, -0.05) is 206 Å². The normalized spacial score (nSPS) is 11.5. The third-order valence-corrected chi connectivity index (χ3v) is 8.28. The molecule has 0 rings (SSSR count). The van der Waals surface area contributed by atoms with Crippen LogP contribution in [-0.2, 0) is 4.74 Å². The van der Waals surface area contributed by atoms with Crippen LogP contribution in [0.4, 0.5) is 0 Å². The molecule has 0 aliphatic carbocycles. The Kier molecular flexibility index (Phi) is 35.9. The lowest BCUT2D eigenvalue weighted by Crippen LogP contribution is -1.97. The van der Waals surface area contributed by atoms with Crippen LogP contribution in [0.1, 0.15) is 219 Å². The number of unbranched alkanes of at least 4 members (excludes halogenated alkanes) is 30. The molecule has 37 heavy (non-hydrogen) atoms. The van der Waals surface area contributed by atoms with Crippen molar-refractivity contribution in [2.45, 2.75) is 219 Å². The van der Waals surface area contributed by atoms with Gasteiger partial charge in [0.1, 0.15) is 0 Å². The zero-order valence-corrected chi connectivity index (χ0v) is 26.4. The predicted octanol–water partition coefficient (Wildman–Crippen LogP) is 13.5. The monoisotopic (exact) mass is 523 g/mol. The second-order valence-electron chi connectivity index (χ2n) is 12.2.